The average molecular weight is 207 g/mol. The molecule has 0 fully saturated rings. The maximum Gasteiger partial charge on any atom is 0.0312 e. The molecule has 2 N–H and O–H groups in total. The van der Waals surface area contributed by atoms with Crippen molar-refractivity contribution in [2.24, 2.45) is 0 Å². The van der Waals surface area contributed by atoms with Crippen molar-refractivity contribution >= 4 is 0 Å². The van der Waals surface area contributed by atoms with E-state index in [1.807, 2.05) is 12.3 Å². The van der Waals surface area contributed by atoms with E-state index in [0.717, 1.165) is 19.6 Å². The van der Waals surface area contributed by atoms with Crippen LogP contribution in [0.25, 0.3) is 0 Å². The van der Waals surface area contributed by atoms with Crippen LogP contribution in [0.2, 0.25) is 0 Å². The van der Waals surface area contributed by atoms with Gasteiger partial charge in [-0.2, -0.15) is 0 Å². The summed E-state index contributed by atoms with van der Waals surface area (Å²) in [5, 5.41) is 6.79. The van der Waals surface area contributed by atoms with Gasteiger partial charge in [-0.3, -0.25) is 4.98 Å². The fourth-order valence-corrected chi connectivity index (χ4v) is 1.34. The normalized spacial score (nSPS) is 10.9. The smallest absolute Gasteiger partial charge is 0.0312 e. The van der Waals surface area contributed by atoms with Crippen LogP contribution in [0, 0.1) is 0 Å². The van der Waals surface area contributed by atoms with Crippen molar-refractivity contribution < 1.29 is 0 Å². The molecule has 1 rings (SSSR count). The molecule has 0 aliphatic carbocycles. The lowest BCUT2D eigenvalue weighted by molar-refractivity contribution is 0.547. The number of aromatic nitrogens is 1. The first kappa shape index (κ1) is 12.1. The Bertz CT molecular complexity index is 246. The Hall–Kier alpha value is -0.930. The Morgan fingerprint density at radius 3 is 2.87 bits per heavy atom. The third kappa shape index (κ3) is 6.20. The molecule has 3 heteroatoms. The molecule has 0 amide bonds. The highest BCUT2D eigenvalue weighted by molar-refractivity contribution is 5.07. The number of rotatable bonds is 7. The molecular formula is C12H21N3. The standard InChI is InChI=1S/C12H21N3/c1-11(2)15-8-4-7-14-10-12-5-3-6-13-9-12/h3,5-6,9,11,14-15H,4,7-8,10H2,1-2H3. The number of hydrogen-bond donors (Lipinski definition) is 2. The zero-order chi connectivity index (χ0) is 10.9. The van der Waals surface area contributed by atoms with Crippen LogP contribution in [0.4, 0.5) is 0 Å². The first-order chi connectivity index (χ1) is 7.29. The summed E-state index contributed by atoms with van der Waals surface area (Å²) >= 11 is 0. The number of pyridine rings is 1. The summed E-state index contributed by atoms with van der Waals surface area (Å²) in [4.78, 5) is 4.07. The molecule has 0 saturated heterocycles. The highest BCUT2D eigenvalue weighted by Gasteiger charge is 1.93. The van der Waals surface area contributed by atoms with E-state index < -0.39 is 0 Å². The third-order valence-electron chi connectivity index (χ3n) is 2.13. The van der Waals surface area contributed by atoms with E-state index in [2.05, 4.69) is 35.5 Å². The van der Waals surface area contributed by atoms with E-state index in [0.29, 0.717) is 6.04 Å². The van der Waals surface area contributed by atoms with Crippen molar-refractivity contribution in [1.82, 2.24) is 15.6 Å². The van der Waals surface area contributed by atoms with Crippen LogP contribution >= 0.6 is 0 Å². The van der Waals surface area contributed by atoms with Crippen molar-refractivity contribution in [2.45, 2.75) is 32.9 Å². The second-order valence-corrected chi connectivity index (χ2v) is 4.00. The summed E-state index contributed by atoms with van der Waals surface area (Å²) in [6.45, 7) is 7.38. The molecule has 0 saturated carbocycles. The highest BCUT2D eigenvalue weighted by atomic mass is 14.9. The van der Waals surface area contributed by atoms with E-state index in [9.17, 15) is 0 Å². The molecule has 0 spiro atoms. The SMILES string of the molecule is CC(C)NCCCNCc1cccnc1. The minimum atomic E-state index is 0.586. The monoisotopic (exact) mass is 207 g/mol. The first-order valence-corrected chi connectivity index (χ1v) is 5.62. The second-order valence-electron chi connectivity index (χ2n) is 4.00. The molecule has 0 radical (unpaired) electrons. The van der Waals surface area contributed by atoms with Gasteiger partial charge >= 0.3 is 0 Å². The first-order valence-electron chi connectivity index (χ1n) is 5.62. The van der Waals surface area contributed by atoms with Gasteiger partial charge < -0.3 is 10.6 Å². The van der Waals surface area contributed by atoms with Crippen molar-refractivity contribution in [2.75, 3.05) is 13.1 Å². The molecule has 1 heterocycles. The van der Waals surface area contributed by atoms with Gasteiger partial charge in [0.2, 0.25) is 0 Å². The van der Waals surface area contributed by atoms with Crippen LogP contribution in [0.1, 0.15) is 25.8 Å². The van der Waals surface area contributed by atoms with Crippen molar-refractivity contribution in [1.29, 1.82) is 0 Å². The zero-order valence-corrected chi connectivity index (χ0v) is 9.66. The van der Waals surface area contributed by atoms with Gasteiger partial charge in [-0.25, -0.2) is 0 Å². The topological polar surface area (TPSA) is 37.0 Å². The lowest BCUT2D eigenvalue weighted by Crippen LogP contribution is -2.26. The summed E-state index contributed by atoms with van der Waals surface area (Å²) in [6.07, 6.45) is 4.87. The third-order valence-corrected chi connectivity index (χ3v) is 2.13. The van der Waals surface area contributed by atoms with Gasteiger partial charge in [-0.05, 0) is 31.1 Å². The lowest BCUT2D eigenvalue weighted by Gasteiger charge is -2.08. The Morgan fingerprint density at radius 1 is 1.33 bits per heavy atom. The van der Waals surface area contributed by atoms with Gasteiger partial charge in [-0.15, -0.1) is 0 Å². The van der Waals surface area contributed by atoms with Crippen LogP contribution in [0.3, 0.4) is 0 Å². The van der Waals surface area contributed by atoms with Gasteiger partial charge in [-0.1, -0.05) is 19.9 Å². The van der Waals surface area contributed by atoms with Crippen LogP contribution < -0.4 is 10.6 Å². The van der Waals surface area contributed by atoms with Crippen molar-refractivity contribution in [3.63, 3.8) is 0 Å². The summed E-state index contributed by atoms with van der Waals surface area (Å²) in [7, 11) is 0. The summed E-state index contributed by atoms with van der Waals surface area (Å²) in [5.74, 6) is 0. The zero-order valence-electron chi connectivity index (χ0n) is 9.66. The van der Waals surface area contributed by atoms with Gasteiger partial charge in [0, 0.05) is 25.0 Å². The fourth-order valence-electron chi connectivity index (χ4n) is 1.34. The van der Waals surface area contributed by atoms with E-state index in [1.165, 1.54) is 12.0 Å². The quantitative estimate of drug-likeness (QED) is 0.666. The predicted octanol–water partition coefficient (Wildman–Crippen LogP) is 1.56. The van der Waals surface area contributed by atoms with Crippen LogP contribution in [0.5, 0.6) is 0 Å². The maximum atomic E-state index is 4.07. The van der Waals surface area contributed by atoms with E-state index in [4.69, 9.17) is 0 Å². The van der Waals surface area contributed by atoms with Crippen molar-refractivity contribution in [3.05, 3.63) is 30.1 Å². The molecular weight excluding hydrogens is 186 g/mol. The molecule has 15 heavy (non-hydrogen) atoms. The van der Waals surface area contributed by atoms with Crippen molar-refractivity contribution in [3.8, 4) is 0 Å². The van der Waals surface area contributed by atoms with Gasteiger partial charge in [0.05, 0.1) is 0 Å². The van der Waals surface area contributed by atoms with E-state index in [1.54, 1.807) is 6.20 Å². The molecule has 0 bridgehead atoms. The summed E-state index contributed by atoms with van der Waals surface area (Å²) in [6, 6.07) is 4.65. The minimum absolute atomic E-state index is 0.586. The second kappa shape index (κ2) is 7.37. The summed E-state index contributed by atoms with van der Waals surface area (Å²) < 4.78 is 0. The van der Waals surface area contributed by atoms with E-state index in [-0.39, 0.29) is 0 Å². The molecule has 3 nitrogen and oxygen atoms in total. The molecule has 1 aromatic rings. The largest absolute Gasteiger partial charge is 0.314 e. The van der Waals surface area contributed by atoms with Crippen LogP contribution in [0.15, 0.2) is 24.5 Å². The molecule has 0 atom stereocenters. The molecule has 84 valence electrons. The maximum absolute atomic E-state index is 4.07. The molecule has 0 aromatic carbocycles. The molecule has 0 aliphatic heterocycles. The number of nitrogens with one attached hydrogen (secondary N) is 2. The Kier molecular flexibility index (Phi) is 5.97. The predicted molar refractivity (Wildman–Crippen MR) is 63.7 cm³/mol. The molecule has 0 aliphatic rings. The number of hydrogen-bond acceptors (Lipinski definition) is 3. The average Bonchev–Trinajstić information content (AvgIpc) is 2.24. The Balaban J connectivity index is 1.98. The van der Waals surface area contributed by atoms with Gasteiger partial charge in [0.25, 0.3) is 0 Å². The van der Waals surface area contributed by atoms with E-state index >= 15 is 0 Å². The lowest BCUT2D eigenvalue weighted by atomic mass is 10.3. The fraction of sp³-hybridized carbons (Fsp3) is 0.583. The minimum Gasteiger partial charge on any atom is -0.314 e. The van der Waals surface area contributed by atoms with Crippen LogP contribution in [-0.2, 0) is 6.54 Å². The molecule has 1 aromatic heterocycles. The molecule has 0 unspecified atom stereocenters. The van der Waals surface area contributed by atoms with Gasteiger partial charge in [0.1, 0.15) is 0 Å². The van der Waals surface area contributed by atoms with Gasteiger partial charge in [0.15, 0.2) is 0 Å². The summed E-state index contributed by atoms with van der Waals surface area (Å²) in [5.41, 5.74) is 1.24. The number of nitrogens with zero attached hydrogens (tertiary/aromatic N) is 1. The van der Waals surface area contributed by atoms with Crippen LogP contribution in [-0.4, -0.2) is 24.1 Å². The Morgan fingerprint density at radius 2 is 2.20 bits per heavy atom. The Labute approximate surface area is 92.3 Å². The highest BCUT2D eigenvalue weighted by Crippen LogP contribution is 1.93.